The number of benzene rings is 1. The van der Waals surface area contributed by atoms with Gasteiger partial charge in [-0.1, -0.05) is 17.7 Å². The maximum Gasteiger partial charge on any atom is 0.266 e. The standard InChI is InChI=1S/C15H12ClN3O3S3/c1-23-15-12(25(21,22)10-6-4-9(16)5-7-10)13(18-19-15)17-14(20)11-3-2-8-24-11/h2-8H,1H3,(H2,17,18,19,20). The van der Waals surface area contributed by atoms with Crippen LogP contribution < -0.4 is 5.32 Å². The number of carbonyl (C=O) groups excluding carboxylic acids is 1. The van der Waals surface area contributed by atoms with E-state index in [2.05, 4.69) is 15.5 Å². The van der Waals surface area contributed by atoms with Crippen LogP contribution in [0.15, 0.2) is 56.6 Å². The summed E-state index contributed by atoms with van der Waals surface area (Å²) in [5, 5.41) is 11.7. The van der Waals surface area contributed by atoms with E-state index in [0.29, 0.717) is 9.90 Å². The molecule has 2 heterocycles. The van der Waals surface area contributed by atoms with E-state index in [1.54, 1.807) is 23.8 Å². The summed E-state index contributed by atoms with van der Waals surface area (Å²) in [7, 11) is -3.88. The van der Waals surface area contributed by atoms with Gasteiger partial charge in [0, 0.05) is 5.02 Å². The molecule has 6 nitrogen and oxygen atoms in total. The number of nitrogens with one attached hydrogen (secondary N) is 2. The van der Waals surface area contributed by atoms with Gasteiger partial charge in [0.2, 0.25) is 9.84 Å². The Kier molecular flexibility index (Phi) is 5.19. The molecule has 0 spiro atoms. The predicted molar refractivity (Wildman–Crippen MR) is 99.5 cm³/mol. The summed E-state index contributed by atoms with van der Waals surface area (Å²) >= 11 is 8.26. The summed E-state index contributed by atoms with van der Waals surface area (Å²) in [5.41, 5.74) is 0. The second-order valence-electron chi connectivity index (χ2n) is 4.83. The largest absolute Gasteiger partial charge is 0.305 e. The van der Waals surface area contributed by atoms with Crippen LogP contribution in [0, 0.1) is 0 Å². The Labute approximate surface area is 157 Å². The summed E-state index contributed by atoms with van der Waals surface area (Å²) in [6.07, 6.45) is 1.71. The molecule has 0 saturated heterocycles. The molecule has 130 valence electrons. The molecule has 0 saturated carbocycles. The van der Waals surface area contributed by atoms with Crippen LogP contribution in [0.25, 0.3) is 0 Å². The normalized spacial score (nSPS) is 11.4. The van der Waals surface area contributed by atoms with Gasteiger partial charge in [0.25, 0.3) is 5.91 Å². The first kappa shape index (κ1) is 18.0. The Balaban J connectivity index is 2.04. The van der Waals surface area contributed by atoms with E-state index in [0.717, 1.165) is 0 Å². The summed E-state index contributed by atoms with van der Waals surface area (Å²) in [6.45, 7) is 0. The molecule has 0 atom stereocenters. The van der Waals surface area contributed by atoms with Crippen molar-refractivity contribution in [2.75, 3.05) is 11.6 Å². The highest BCUT2D eigenvalue weighted by Crippen LogP contribution is 2.34. The first-order valence-corrected chi connectivity index (χ1v) is 10.9. The molecule has 2 aromatic heterocycles. The van der Waals surface area contributed by atoms with Gasteiger partial charge >= 0.3 is 0 Å². The van der Waals surface area contributed by atoms with Crippen LogP contribution in [-0.2, 0) is 9.84 Å². The molecule has 10 heteroatoms. The van der Waals surface area contributed by atoms with Crippen molar-refractivity contribution >= 4 is 56.3 Å². The third kappa shape index (κ3) is 3.59. The van der Waals surface area contributed by atoms with E-state index in [1.807, 2.05) is 0 Å². The summed E-state index contributed by atoms with van der Waals surface area (Å²) in [6, 6.07) is 9.22. The van der Waals surface area contributed by atoms with Gasteiger partial charge in [0.1, 0.15) is 15.7 Å². The van der Waals surface area contributed by atoms with Crippen LogP contribution in [0.1, 0.15) is 9.67 Å². The third-order valence-electron chi connectivity index (χ3n) is 3.26. The van der Waals surface area contributed by atoms with Crippen LogP contribution in [0.2, 0.25) is 5.02 Å². The number of rotatable bonds is 5. The van der Waals surface area contributed by atoms with Crippen LogP contribution in [0.5, 0.6) is 0 Å². The van der Waals surface area contributed by atoms with Gasteiger partial charge in [0.15, 0.2) is 0 Å². The lowest BCUT2D eigenvalue weighted by molar-refractivity contribution is 0.103. The molecule has 0 aliphatic rings. The Hall–Kier alpha value is -1.81. The molecule has 1 aromatic carbocycles. The van der Waals surface area contributed by atoms with E-state index in [1.165, 1.54) is 47.4 Å². The highest BCUT2D eigenvalue weighted by Gasteiger charge is 2.29. The first-order valence-electron chi connectivity index (χ1n) is 6.91. The Morgan fingerprint density at radius 2 is 2.00 bits per heavy atom. The number of thiophene rings is 1. The Morgan fingerprint density at radius 3 is 2.60 bits per heavy atom. The Bertz CT molecular complexity index is 997. The lowest BCUT2D eigenvalue weighted by atomic mass is 10.4. The SMILES string of the molecule is CSc1n[nH]c(NC(=O)c2cccs2)c1S(=O)(=O)c1ccc(Cl)cc1. The second kappa shape index (κ2) is 7.20. The van der Waals surface area contributed by atoms with Gasteiger partial charge in [-0.25, -0.2) is 8.42 Å². The zero-order valence-corrected chi connectivity index (χ0v) is 16.0. The minimum atomic E-state index is -3.88. The number of halogens is 1. The maximum atomic E-state index is 13.0. The van der Waals surface area contributed by atoms with Gasteiger partial charge in [-0.15, -0.1) is 23.1 Å². The quantitative estimate of drug-likeness (QED) is 0.618. The van der Waals surface area contributed by atoms with Crippen molar-refractivity contribution in [3.05, 3.63) is 51.7 Å². The van der Waals surface area contributed by atoms with Gasteiger partial charge in [0.05, 0.1) is 9.77 Å². The smallest absolute Gasteiger partial charge is 0.266 e. The summed E-state index contributed by atoms with van der Waals surface area (Å²) in [4.78, 5) is 12.7. The average molecular weight is 414 g/mol. The van der Waals surface area contributed by atoms with E-state index < -0.39 is 15.7 Å². The zero-order valence-electron chi connectivity index (χ0n) is 12.8. The minimum Gasteiger partial charge on any atom is -0.305 e. The van der Waals surface area contributed by atoms with Crippen molar-refractivity contribution in [2.45, 2.75) is 14.8 Å². The molecule has 1 amide bonds. The number of nitrogens with zero attached hydrogens (tertiary/aromatic N) is 1. The molecule has 3 aromatic rings. The number of hydrogen-bond acceptors (Lipinski definition) is 6. The maximum absolute atomic E-state index is 13.0. The fourth-order valence-electron chi connectivity index (χ4n) is 2.10. The van der Waals surface area contributed by atoms with E-state index in [4.69, 9.17) is 11.6 Å². The summed E-state index contributed by atoms with van der Waals surface area (Å²) in [5.74, 6) is -0.364. The molecular weight excluding hydrogens is 402 g/mol. The topological polar surface area (TPSA) is 91.9 Å². The number of amides is 1. The number of anilines is 1. The van der Waals surface area contributed by atoms with Crippen molar-refractivity contribution in [3.63, 3.8) is 0 Å². The van der Waals surface area contributed by atoms with Crippen LogP contribution in [0.4, 0.5) is 5.82 Å². The van der Waals surface area contributed by atoms with Gasteiger partial charge < -0.3 is 5.32 Å². The molecule has 2 N–H and O–H groups in total. The monoisotopic (exact) mass is 413 g/mol. The molecule has 25 heavy (non-hydrogen) atoms. The van der Waals surface area contributed by atoms with Crippen LogP contribution in [-0.4, -0.2) is 30.8 Å². The summed E-state index contributed by atoms with van der Waals surface area (Å²) < 4.78 is 26.0. The van der Waals surface area contributed by atoms with E-state index in [9.17, 15) is 13.2 Å². The minimum absolute atomic E-state index is 0.0395. The lowest BCUT2D eigenvalue weighted by Gasteiger charge is -2.08. The van der Waals surface area contributed by atoms with E-state index >= 15 is 0 Å². The molecule has 0 radical (unpaired) electrons. The predicted octanol–water partition coefficient (Wildman–Crippen LogP) is 3.93. The van der Waals surface area contributed by atoms with E-state index in [-0.39, 0.29) is 20.6 Å². The first-order chi connectivity index (χ1) is 11.9. The molecule has 3 rings (SSSR count). The third-order valence-corrected chi connectivity index (χ3v) is 7.02. The van der Waals surface area contributed by atoms with Crippen molar-refractivity contribution in [2.24, 2.45) is 0 Å². The van der Waals surface area contributed by atoms with Crippen molar-refractivity contribution in [3.8, 4) is 0 Å². The highest BCUT2D eigenvalue weighted by molar-refractivity contribution is 7.99. The number of carbonyl (C=O) groups is 1. The fourth-order valence-corrected chi connectivity index (χ4v) is 5.22. The van der Waals surface area contributed by atoms with Crippen LogP contribution in [0.3, 0.4) is 0 Å². The number of sulfone groups is 1. The number of aromatic amines is 1. The highest BCUT2D eigenvalue weighted by atomic mass is 35.5. The van der Waals surface area contributed by atoms with Gasteiger partial charge in [-0.05, 0) is 42.0 Å². The molecule has 0 fully saturated rings. The second-order valence-corrected chi connectivity index (χ2v) is 8.89. The lowest BCUT2D eigenvalue weighted by Crippen LogP contribution is -2.14. The van der Waals surface area contributed by atoms with Gasteiger partial charge in [-0.3, -0.25) is 9.89 Å². The fraction of sp³-hybridized carbons (Fsp3) is 0.0667. The van der Waals surface area contributed by atoms with Crippen molar-refractivity contribution in [1.29, 1.82) is 0 Å². The van der Waals surface area contributed by atoms with Gasteiger partial charge in [-0.2, -0.15) is 5.10 Å². The molecule has 0 aliphatic heterocycles. The number of hydrogen-bond donors (Lipinski definition) is 2. The van der Waals surface area contributed by atoms with Crippen molar-refractivity contribution in [1.82, 2.24) is 10.2 Å². The zero-order chi connectivity index (χ0) is 18.0. The van der Waals surface area contributed by atoms with Crippen LogP contribution >= 0.6 is 34.7 Å². The molecule has 0 unspecified atom stereocenters. The van der Waals surface area contributed by atoms with Crippen molar-refractivity contribution < 1.29 is 13.2 Å². The molecule has 0 aliphatic carbocycles. The average Bonchev–Trinajstić information content (AvgIpc) is 3.25. The molecule has 0 bridgehead atoms. The number of thioether (sulfide) groups is 1. The Morgan fingerprint density at radius 1 is 1.28 bits per heavy atom. The number of H-pyrrole nitrogens is 1. The number of aromatic nitrogens is 2. The molecular formula is C15H12ClN3O3S3.